The number of likely N-dealkylation sites (N-methyl/N-ethyl adjacent to an activating group) is 2. The molecule has 2 heterocycles. The Morgan fingerprint density at radius 2 is 0.966 bits per heavy atom. The minimum absolute atomic E-state index is 0. The van der Waals surface area contributed by atoms with Gasteiger partial charge in [-0.1, -0.05) is 133 Å². The number of phosphoric acid groups is 2. The van der Waals surface area contributed by atoms with E-state index in [4.69, 9.17) is 56.6 Å². The molecule has 9 N–H and O–H groups in total. The summed E-state index contributed by atoms with van der Waals surface area (Å²) in [5.41, 5.74) is 3.04. The zero-order chi connectivity index (χ0) is 60.6. The van der Waals surface area contributed by atoms with Crippen molar-refractivity contribution >= 4 is 102 Å². The van der Waals surface area contributed by atoms with Crippen LogP contribution in [-0.4, -0.2) is 141 Å². The number of aliphatic hydroxyl groups excluding tert-OH is 3. The average Bonchev–Trinajstić information content (AvgIpc) is 3.82. The van der Waals surface area contributed by atoms with Crippen molar-refractivity contribution in [1.82, 2.24) is 30.7 Å². The SMILES string of the molecule is C.C.CN(C(=O)NCc1cccc(F)c1Cl)[C@H](COC(=O)Nc1cc(-c2ccccc2)no1)C[C@@H](O)COP(=O)(O)O.CN(C(=O)NCc1cccc(F)c1Cl)[C@H](COC(=O)Nc1cc(-c2ccccc2)no1)C[C@@H](O)COP(=O)([O-])[O-].CO.S.S.[Na+].[Na+]. The van der Waals surface area contributed by atoms with Gasteiger partial charge in [0, 0.05) is 57.6 Å². The smallest absolute Gasteiger partial charge is 0.790 e. The molecular formula is C51H68Cl2F2N8Na2O19P2S2. The second-order valence-corrected chi connectivity index (χ2v) is 20.1. The van der Waals surface area contributed by atoms with Crippen LogP contribution >= 0.6 is 65.8 Å². The Morgan fingerprint density at radius 1 is 0.614 bits per heavy atom. The molecule has 0 fully saturated rings. The number of ether oxygens (including phenoxy) is 2. The molecule has 6 amide bonds. The number of hydrogen-bond acceptors (Lipinski definition) is 19. The number of rotatable bonds is 24. The quantitative estimate of drug-likeness (QED) is 0.0305. The molecule has 6 aromatic rings. The fourth-order valence-corrected chi connectivity index (χ4v) is 7.98. The molecule has 4 aromatic carbocycles. The van der Waals surface area contributed by atoms with Gasteiger partial charge in [-0.15, -0.1) is 0 Å². The topological polar surface area (TPSA) is 393 Å². The monoisotopic (exact) mass is 1380 g/mol. The molecule has 4 atom stereocenters. The van der Waals surface area contributed by atoms with E-state index < -0.39 is 102 Å². The van der Waals surface area contributed by atoms with Crippen LogP contribution in [0.5, 0.6) is 0 Å². The van der Waals surface area contributed by atoms with E-state index in [1.807, 2.05) is 24.3 Å². The Kier molecular flexibility index (Phi) is 44.1. The van der Waals surface area contributed by atoms with Gasteiger partial charge in [0.1, 0.15) is 36.2 Å². The van der Waals surface area contributed by atoms with E-state index in [0.717, 1.165) is 34.1 Å². The number of urea groups is 2. The summed E-state index contributed by atoms with van der Waals surface area (Å²) in [6.07, 6.45) is -5.54. The number of aliphatic hydroxyl groups is 3. The van der Waals surface area contributed by atoms with Gasteiger partial charge in [0.2, 0.25) is 11.8 Å². The first-order valence-electron chi connectivity index (χ1n) is 23.8. The predicted octanol–water partition coefficient (Wildman–Crippen LogP) is 1.36. The van der Waals surface area contributed by atoms with Gasteiger partial charge in [0.25, 0.3) is 0 Å². The van der Waals surface area contributed by atoms with Gasteiger partial charge in [-0.05, 0) is 36.1 Å². The minimum Gasteiger partial charge on any atom is -0.790 e. The van der Waals surface area contributed by atoms with Crippen LogP contribution in [0.2, 0.25) is 10.0 Å². The van der Waals surface area contributed by atoms with Crippen molar-refractivity contribution in [2.24, 2.45) is 0 Å². The van der Waals surface area contributed by atoms with Crippen LogP contribution in [0, 0.1) is 11.6 Å². The standard InChI is InChI=1S/2C24H27ClFN4O9P.CH4O.2CH4.2Na.2H2S/c2*1-30(23(32)27-12-16-8-5-9-19(26)22(16)25)17(10-18(31)14-38-40(34,35)36)13-37-24(33)28-21-11-20(29-39-21)15-6-3-2-4-7-15;1-2;;;;;;/h2*2-9,11,17-18,31H,10,12-14H2,1H3,(H,27,32)(H,28,33)(H2,34,35,36);2H,1H3;2*1H4;;;2*1H2/q;;;;;2*+1;;/p-2/t2*17-,18+;;;;;;;/m00......./s1. The van der Waals surface area contributed by atoms with Crippen molar-refractivity contribution in [2.75, 3.05) is 58.3 Å². The summed E-state index contributed by atoms with van der Waals surface area (Å²) in [5, 5.41) is 44.6. The van der Waals surface area contributed by atoms with E-state index in [-0.39, 0.29) is 149 Å². The molecule has 0 saturated heterocycles. The fourth-order valence-electron chi connectivity index (χ4n) is 6.87. The summed E-state index contributed by atoms with van der Waals surface area (Å²) in [5.74, 6) is -1.35. The van der Waals surface area contributed by atoms with Crippen LogP contribution in [0.3, 0.4) is 0 Å². The van der Waals surface area contributed by atoms with Gasteiger partial charge in [0.15, 0.2) is 0 Å². The predicted molar refractivity (Wildman–Crippen MR) is 319 cm³/mol. The van der Waals surface area contributed by atoms with Crippen LogP contribution in [0.1, 0.15) is 38.8 Å². The molecule has 0 saturated carbocycles. The largest absolute Gasteiger partial charge is 1.00 e. The third kappa shape index (κ3) is 31.6. The number of hydrogen-bond donors (Lipinski definition) is 9. The molecule has 0 aliphatic rings. The number of halogens is 4. The Labute approximate surface area is 574 Å². The van der Waals surface area contributed by atoms with Gasteiger partial charge >= 0.3 is 91.2 Å². The third-order valence-corrected chi connectivity index (χ3v) is 12.8. The zero-order valence-corrected chi connectivity index (χ0v) is 55.8. The molecule has 478 valence electrons. The van der Waals surface area contributed by atoms with E-state index in [1.165, 1.54) is 56.6 Å². The average molecular weight is 1380 g/mol. The van der Waals surface area contributed by atoms with Gasteiger partial charge in [-0.2, -0.15) is 27.0 Å². The van der Waals surface area contributed by atoms with E-state index in [1.54, 1.807) is 36.4 Å². The summed E-state index contributed by atoms with van der Waals surface area (Å²) in [6.45, 7) is -2.82. The first kappa shape index (κ1) is 87.8. The van der Waals surface area contributed by atoms with E-state index >= 15 is 0 Å². The second-order valence-electron chi connectivity index (χ2n) is 16.9. The Balaban J connectivity index is -0.00000150. The zero-order valence-electron chi connectivity index (χ0n) is 46.5. The van der Waals surface area contributed by atoms with Crippen LogP contribution in [0.15, 0.2) is 118 Å². The molecule has 2 aromatic heterocycles. The van der Waals surface area contributed by atoms with E-state index in [2.05, 4.69) is 40.6 Å². The summed E-state index contributed by atoms with van der Waals surface area (Å²) in [7, 11) is -6.56. The van der Waals surface area contributed by atoms with Crippen molar-refractivity contribution in [2.45, 2.75) is 65.1 Å². The van der Waals surface area contributed by atoms with Crippen molar-refractivity contribution in [3.05, 3.63) is 142 Å². The van der Waals surface area contributed by atoms with Crippen molar-refractivity contribution in [3.8, 4) is 22.5 Å². The molecule has 6 rings (SSSR count). The number of anilines is 2. The van der Waals surface area contributed by atoms with Gasteiger partial charge in [0.05, 0.1) is 55.4 Å². The molecule has 0 aliphatic heterocycles. The molecule has 37 heteroatoms. The summed E-state index contributed by atoms with van der Waals surface area (Å²) < 4.78 is 78.1. The molecule has 0 unspecified atom stereocenters. The molecule has 0 aliphatic carbocycles. The van der Waals surface area contributed by atoms with Crippen LogP contribution in [0.4, 0.5) is 39.7 Å². The maximum atomic E-state index is 13.7. The van der Waals surface area contributed by atoms with Crippen LogP contribution in [-0.2, 0) is 40.7 Å². The first-order chi connectivity index (χ1) is 38.8. The van der Waals surface area contributed by atoms with Gasteiger partial charge in [-0.3, -0.25) is 15.2 Å². The number of benzene rings is 4. The first-order valence-corrected chi connectivity index (χ1v) is 27.6. The summed E-state index contributed by atoms with van der Waals surface area (Å²) in [6, 6.07) is 25.8. The minimum atomic E-state index is -5.36. The maximum absolute atomic E-state index is 13.7. The Bertz CT molecular complexity index is 2920. The van der Waals surface area contributed by atoms with Crippen molar-refractivity contribution in [3.63, 3.8) is 0 Å². The second kappa shape index (κ2) is 44.2. The third-order valence-electron chi connectivity index (χ3n) is 11.0. The van der Waals surface area contributed by atoms with Crippen molar-refractivity contribution < 1.29 is 159 Å². The summed E-state index contributed by atoms with van der Waals surface area (Å²) in [4.78, 5) is 91.8. The van der Waals surface area contributed by atoms with E-state index in [9.17, 15) is 57.1 Å². The number of carbonyl (C=O) groups excluding carboxylic acids is 4. The molecule has 0 bridgehead atoms. The Morgan fingerprint density at radius 3 is 1.31 bits per heavy atom. The number of amides is 6. The van der Waals surface area contributed by atoms with Gasteiger partial charge < -0.3 is 82.9 Å². The van der Waals surface area contributed by atoms with E-state index in [0.29, 0.717) is 22.5 Å². The molecular weight excluding hydrogens is 1310 g/mol. The van der Waals surface area contributed by atoms with Crippen LogP contribution < -0.4 is 90.2 Å². The number of phosphoric ester groups is 2. The van der Waals surface area contributed by atoms with Gasteiger partial charge in [-0.25, -0.2) is 32.5 Å². The molecule has 88 heavy (non-hydrogen) atoms. The Hall–Kier alpha value is -4.38. The maximum Gasteiger partial charge on any atom is 1.00 e. The number of aromatic nitrogens is 2. The molecule has 0 spiro atoms. The normalized spacial score (nSPS) is 11.8. The van der Waals surface area contributed by atoms with Crippen molar-refractivity contribution in [1.29, 1.82) is 0 Å². The summed E-state index contributed by atoms with van der Waals surface area (Å²) >= 11 is 11.8. The molecule has 0 radical (unpaired) electrons. The number of nitrogens with zero attached hydrogens (tertiary/aromatic N) is 4. The fraction of sp³-hybridized carbons (Fsp3) is 0.333. The van der Waals surface area contributed by atoms with Crippen LogP contribution in [0.25, 0.3) is 22.5 Å². The molecule has 27 nitrogen and oxygen atoms in total. The number of nitrogens with one attached hydrogen (secondary N) is 4. The number of carbonyl (C=O) groups is 4.